The van der Waals surface area contributed by atoms with Gasteiger partial charge in [0.2, 0.25) is 10.0 Å². The molecule has 1 aliphatic heterocycles. The third-order valence-corrected chi connectivity index (χ3v) is 7.21. The largest absolute Gasteiger partial charge is 0.379 e. The van der Waals surface area contributed by atoms with E-state index in [9.17, 15) is 13.2 Å². The predicted octanol–water partition coefficient (Wildman–Crippen LogP) is 2.25. The second kappa shape index (κ2) is 8.50. The van der Waals surface area contributed by atoms with Crippen molar-refractivity contribution < 1.29 is 17.9 Å². The number of benzene rings is 1. The molecular weight excluding hydrogens is 352 g/mol. The Morgan fingerprint density at radius 2 is 1.73 bits per heavy atom. The van der Waals surface area contributed by atoms with Gasteiger partial charge in [-0.3, -0.25) is 4.79 Å². The summed E-state index contributed by atoms with van der Waals surface area (Å²) in [7, 11) is -1.47. The lowest BCUT2D eigenvalue weighted by atomic mass is 9.94. The van der Waals surface area contributed by atoms with Crippen molar-refractivity contribution in [3.8, 4) is 0 Å². The van der Waals surface area contributed by atoms with Gasteiger partial charge in [-0.15, -0.1) is 0 Å². The van der Waals surface area contributed by atoms with E-state index in [2.05, 4.69) is 0 Å². The average Bonchev–Trinajstić information content (AvgIpc) is 2.68. The van der Waals surface area contributed by atoms with Crippen molar-refractivity contribution in [1.29, 1.82) is 0 Å². The summed E-state index contributed by atoms with van der Waals surface area (Å²) >= 11 is 0. The Bertz CT molecular complexity index is 706. The van der Waals surface area contributed by atoms with E-state index in [4.69, 9.17) is 4.74 Å². The Hall–Kier alpha value is -1.44. The molecule has 1 aromatic carbocycles. The van der Waals surface area contributed by atoms with Gasteiger partial charge in [-0.2, -0.15) is 4.31 Å². The fourth-order valence-corrected chi connectivity index (χ4v) is 5.21. The van der Waals surface area contributed by atoms with Crippen LogP contribution < -0.4 is 0 Å². The molecule has 1 amide bonds. The zero-order chi connectivity index (χ0) is 18.6. The molecule has 144 valence electrons. The number of carbonyl (C=O) groups is 1. The van der Waals surface area contributed by atoms with Crippen LogP contribution in [0.5, 0.6) is 0 Å². The monoisotopic (exact) mass is 380 g/mol. The van der Waals surface area contributed by atoms with Gasteiger partial charge < -0.3 is 9.64 Å². The third kappa shape index (κ3) is 4.64. The molecule has 7 heteroatoms. The lowest BCUT2D eigenvalue weighted by Crippen LogP contribution is -2.41. The van der Waals surface area contributed by atoms with Gasteiger partial charge in [0.15, 0.2) is 0 Å². The Kier molecular flexibility index (Phi) is 6.32. The highest BCUT2D eigenvalue weighted by Gasteiger charge is 2.25. The fourth-order valence-electron chi connectivity index (χ4n) is 3.71. The number of nitrogens with zero attached hydrogens (tertiary/aromatic N) is 2. The highest BCUT2D eigenvalue weighted by molar-refractivity contribution is 7.88. The molecule has 0 N–H and O–H groups in total. The van der Waals surface area contributed by atoms with Crippen LogP contribution in [-0.2, 0) is 20.5 Å². The lowest BCUT2D eigenvalue weighted by Gasteiger charge is -2.31. The van der Waals surface area contributed by atoms with Crippen LogP contribution in [0.1, 0.15) is 48.0 Å². The summed E-state index contributed by atoms with van der Waals surface area (Å²) in [6.07, 6.45) is 5.75. The van der Waals surface area contributed by atoms with Crippen LogP contribution in [0.2, 0.25) is 0 Å². The number of ether oxygens (including phenoxy) is 1. The molecule has 1 aromatic rings. The molecule has 2 aliphatic rings. The van der Waals surface area contributed by atoms with Crippen molar-refractivity contribution in [2.45, 2.75) is 43.9 Å². The second-order valence-electron chi connectivity index (χ2n) is 7.17. The van der Waals surface area contributed by atoms with Crippen LogP contribution >= 0.6 is 0 Å². The number of sulfonamides is 1. The lowest BCUT2D eigenvalue weighted by molar-refractivity contribution is 0.0696. The number of hydrogen-bond donors (Lipinski definition) is 0. The topological polar surface area (TPSA) is 66.9 Å². The zero-order valence-electron chi connectivity index (χ0n) is 15.4. The number of rotatable bonds is 5. The molecule has 3 rings (SSSR count). The zero-order valence-corrected chi connectivity index (χ0v) is 16.2. The summed E-state index contributed by atoms with van der Waals surface area (Å²) in [5, 5.41) is 0. The van der Waals surface area contributed by atoms with Crippen LogP contribution in [0, 0.1) is 0 Å². The summed E-state index contributed by atoms with van der Waals surface area (Å²) in [5.41, 5.74) is 1.32. The molecule has 2 fully saturated rings. The minimum absolute atomic E-state index is 0.0134. The Morgan fingerprint density at radius 1 is 1.12 bits per heavy atom. The van der Waals surface area contributed by atoms with Gasteiger partial charge in [0.25, 0.3) is 5.91 Å². The summed E-state index contributed by atoms with van der Waals surface area (Å²) in [5.74, 6) is -0.0283. The minimum Gasteiger partial charge on any atom is -0.379 e. The number of hydrogen-bond acceptors (Lipinski definition) is 4. The van der Waals surface area contributed by atoms with Crippen LogP contribution in [0.25, 0.3) is 0 Å². The van der Waals surface area contributed by atoms with Gasteiger partial charge in [0.05, 0.1) is 19.0 Å². The van der Waals surface area contributed by atoms with Gasteiger partial charge in [0, 0.05) is 31.7 Å². The molecule has 0 aromatic heterocycles. The first-order valence-corrected chi connectivity index (χ1v) is 11.0. The Labute approximate surface area is 156 Å². The minimum atomic E-state index is -3.34. The van der Waals surface area contributed by atoms with Crippen LogP contribution in [0.3, 0.4) is 0 Å². The first-order chi connectivity index (χ1) is 12.5. The molecule has 6 nitrogen and oxygen atoms in total. The highest BCUT2D eigenvalue weighted by atomic mass is 32.2. The van der Waals surface area contributed by atoms with E-state index >= 15 is 0 Å². The molecule has 0 unspecified atom stereocenters. The maximum atomic E-state index is 12.7. The first-order valence-electron chi connectivity index (χ1n) is 9.39. The summed E-state index contributed by atoms with van der Waals surface area (Å²) in [6, 6.07) is 7.30. The number of amides is 1. The van der Waals surface area contributed by atoms with Crippen molar-refractivity contribution in [3.05, 3.63) is 35.4 Å². The van der Waals surface area contributed by atoms with Gasteiger partial charge in [0.1, 0.15) is 0 Å². The number of carbonyl (C=O) groups excluding carboxylic acids is 1. The quantitative estimate of drug-likeness (QED) is 0.786. The number of morpholine rings is 1. The smallest absolute Gasteiger partial charge is 0.253 e. The van der Waals surface area contributed by atoms with E-state index < -0.39 is 10.0 Å². The molecular formula is C19H28N2O4S. The molecule has 26 heavy (non-hydrogen) atoms. The molecule has 1 saturated carbocycles. The normalized spacial score (nSPS) is 20.0. The summed E-state index contributed by atoms with van der Waals surface area (Å²) in [6.45, 7) is 1.70. The maximum absolute atomic E-state index is 12.7. The van der Waals surface area contributed by atoms with Crippen LogP contribution in [0.15, 0.2) is 24.3 Å². The Morgan fingerprint density at radius 3 is 2.35 bits per heavy atom. The van der Waals surface area contributed by atoms with E-state index in [1.807, 2.05) is 11.9 Å². The van der Waals surface area contributed by atoms with Gasteiger partial charge in [-0.1, -0.05) is 31.4 Å². The van der Waals surface area contributed by atoms with Crippen molar-refractivity contribution >= 4 is 15.9 Å². The maximum Gasteiger partial charge on any atom is 0.253 e. The highest BCUT2D eigenvalue weighted by Crippen LogP contribution is 2.23. The molecule has 1 aliphatic carbocycles. The first kappa shape index (κ1) is 19.3. The average molecular weight is 381 g/mol. The molecule has 0 spiro atoms. The summed E-state index contributed by atoms with van der Waals surface area (Å²) in [4.78, 5) is 14.5. The Balaban J connectivity index is 1.63. The SMILES string of the molecule is CN(C(=O)c1ccc(CS(=O)(=O)N2CCOCC2)cc1)C1CCCCC1. The molecule has 0 radical (unpaired) electrons. The molecule has 0 bridgehead atoms. The van der Waals surface area contributed by atoms with E-state index in [1.54, 1.807) is 24.3 Å². The van der Waals surface area contributed by atoms with E-state index in [-0.39, 0.29) is 11.7 Å². The van der Waals surface area contributed by atoms with Gasteiger partial charge >= 0.3 is 0 Å². The third-order valence-electron chi connectivity index (χ3n) is 5.36. The molecule has 0 atom stereocenters. The second-order valence-corrected chi connectivity index (χ2v) is 9.14. The fraction of sp³-hybridized carbons (Fsp3) is 0.632. The van der Waals surface area contributed by atoms with E-state index in [0.29, 0.717) is 43.5 Å². The van der Waals surface area contributed by atoms with Gasteiger partial charge in [-0.25, -0.2) is 8.42 Å². The van der Waals surface area contributed by atoms with Gasteiger partial charge in [-0.05, 0) is 30.5 Å². The standard InChI is InChI=1S/C19H28N2O4S/c1-20(18-5-3-2-4-6-18)19(22)17-9-7-16(8-10-17)15-26(23,24)21-11-13-25-14-12-21/h7-10,18H,2-6,11-15H2,1H3. The van der Waals surface area contributed by atoms with Crippen LogP contribution in [-0.4, -0.2) is 62.9 Å². The van der Waals surface area contributed by atoms with Crippen molar-refractivity contribution in [2.24, 2.45) is 0 Å². The predicted molar refractivity (Wildman–Crippen MR) is 100 cm³/mol. The summed E-state index contributed by atoms with van der Waals surface area (Å²) < 4.78 is 31.7. The van der Waals surface area contributed by atoms with E-state index in [0.717, 1.165) is 12.8 Å². The van der Waals surface area contributed by atoms with Crippen LogP contribution in [0.4, 0.5) is 0 Å². The van der Waals surface area contributed by atoms with Crippen molar-refractivity contribution in [3.63, 3.8) is 0 Å². The van der Waals surface area contributed by atoms with E-state index in [1.165, 1.54) is 23.6 Å². The van der Waals surface area contributed by atoms with Crippen molar-refractivity contribution in [1.82, 2.24) is 9.21 Å². The molecule has 1 saturated heterocycles. The molecule has 1 heterocycles. The van der Waals surface area contributed by atoms with Crippen molar-refractivity contribution in [2.75, 3.05) is 33.4 Å².